The Bertz CT molecular complexity index is 1290. The molecule has 0 radical (unpaired) electrons. The lowest BCUT2D eigenvalue weighted by molar-refractivity contribution is 0.0623. The first-order chi connectivity index (χ1) is 25.2. The van der Waals surface area contributed by atoms with E-state index in [1.165, 1.54) is 0 Å². The number of aliphatic hydroxyl groups is 4. The summed E-state index contributed by atoms with van der Waals surface area (Å²) in [5.74, 6) is -3.41. The summed E-state index contributed by atoms with van der Waals surface area (Å²) in [7, 11) is 0. The molecule has 0 saturated heterocycles. The largest absolute Gasteiger partial charge is 0.478 e. The van der Waals surface area contributed by atoms with Gasteiger partial charge in [-0.1, -0.05) is 100 Å². The number of rotatable bonds is 11. The average molecular weight is 739 g/mol. The van der Waals surface area contributed by atoms with Gasteiger partial charge < -0.3 is 40.9 Å². The monoisotopic (exact) mass is 738 g/mol. The van der Waals surface area contributed by atoms with E-state index in [0.717, 1.165) is 19.3 Å². The highest BCUT2D eigenvalue weighted by molar-refractivity contribution is 5.88. The van der Waals surface area contributed by atoms with Gasteiger partial charge in [0.05, 0.1) is 34.5 Å². The topological polar surface area (TPSA) is 230 Å². The molecule has 0 aromatic heterocycles. The third-order valence-electron chi connectivity index (χ3n) is 7.17. The molecule has 4 unspecified atom stereocenters. The van der Waals surface area contributed by atoms with Crippen molar-refractivity contribution in [1.29, 1.82) is 0 Å². The van der Waals surface area contributed by atoms with Gasteiger partial charge in [-0.25, -0.2) is 19.2 Å². The van der Waals surface area contributed by atoms with Crippen LogP contribution in [0.4, 0.5) is 0 Å². The summed E-state index contributed by atoms with van der Waals surface area (Å²) in [6.07, 6.45) is 1.66. The van der Waals surface area contributed by atoms with Gasteiger partial charge in [0.1, 0.15) is 0 Å². The summed E-state index contributed by atoms with van der Waals surface area (Å²) in [5, 5.41) is 68.8. The Morgan fingerprint density at radius 2 is 0.679 bits per heavy atom. The van der Waals surface area contributed by atoms with Crippen LogP contribution in [0.5, 0.6) is 0 Å². The van der Waals surface area contributed by atoms with Crippen molar-refractivity contribution in [3.05, 3.63) is 144 Å². The van der Waals surface area contributed by atoms with Crippen molar-refractivity contribution in [3.8, 4) is 0 Å². The lowest BCUT2D eigenvalue weighted by atomic mass is 9.99. The normalized spacial score (nSPS) is 11.7. The molecule has 0 fully saturated rings. The van der Waals surface area contributed by atoms with Crippen molar-refractivity contribution < 1.29 is 60.0 Å². The van der Waals surface area contributed by atoms with E-state index in [-0.39, 0.29) is 37.3 Å². The number of aromatic carboxylic acids is 4. The van der Waals surface area contributed by atoms with Crippen LogP contribution in [-0.2, 0) is 0 Å². The Kier molecular flexibility index (Phi) is 29.4. The molecule has 53 heavy (non-hydrogen) atoms. The standard InChI is InChI=1S/4C7H6O2.C7H16O2.C6H14O2/c4*8-7(9)6-4-2-1-3-5-6;1-3-6(5-8)7(9)4-2;1-3-6(8)5(2)4-7/h4*1-5H,(H,8,9);6-9H,3-5H2,1-2H3;5-8H,3-4H2,1-2H3. The molecule has 0 amide bonds. The summed E-state index contributed by atoms with van der Waals surface area (Å²) in [6, 6.07) is 33.2. The van der Waals surface area contributed by atoms with Crippen molar-refractivity contribution >= 4 is 23.9 Å². The predicted octanol–water partition coefficient (Wildman–Crippen LogP) is 6.70. The Labute approximate surface area is 311 Å². The molecule has 4 aromatic carbocycles. The third-order valence-corrected chi connectivity index (χ3v) is 7.17. The van der Waals surface area contributed by atoms with Crippen LogP contribution in [0.3, 0.4) is 0 Å². The van der Waals surface area contributed by atoms with Gasteiger partial charge in [-0.2, -0.15) is 0 Å². The van der Waals surface area contributed by atoms with Crippen LogP contribution in [0, 0.1) is 11.8 Å². The van der Waals surface area contributed by atoms with Crippen LogP contribution < -0.4 is 0 Å². The highest BCUT2D eigenvalue weighted by atomic mass is 16.4. The smallest absolute Gasteiger partial charge is 0.335 e. The minimum Gasteiger partial charge on any atom is -0.478 e. The molecule has 0 spiro atoms. The molecular formula is C41H54O12. The molecule has 0 saturated carbocycles. The van der Waals surface area contributed by atoms with Gasteiger partial charge in [0.25, 0.3) is 0 Å². The molecule has 4 aromatic rings. The fraction of sp³-hybridized carbons (Fsp3) is 0.317. The number of hydrogen-bond donors (Lipinski definition) is 8. The van der Waals surface area contributed by atoms with Crippen molar-refractivity contribution in [3.63, 3.8) is 0 Å². The summed E-state index contributed by atoms with van der Waals surface area (Å²) in [4.78, 5) is 40.8. The summed E-state index contributed by atoms with van der Waals surface area (Å²) >= 11 is 0. The first kappa shape index (κ1) is 49.7. The SMILES string of the molecule is CCC(O)C(C)CO.CCC(O)C(CC)CO.O=C(O)c1ccccc1.O=C(O)c1ccccc1.O=C(O)c1ccccc1.O=C(O)c1ccccc1. The highest BCUT2D eigenvalue weighted by Crippen LogP contribution is 2.10. The van der Waals surface area contributed by atoms with Crippen LogP contribution in [-0.4, -0.2) is 90.2 Å². The summed E-state index contributed by atoms with van der Waals surface area (Å²) in [5.41, 5.74) is 1.32. The number of hydrogen-bond acceptors (Lipinski definition) is 8. The second-order valence-electron chi connectivity index (χ2n) is 11.1. The van der Waals surface area contributed by atoms with Crippen LogP contribution in [0.2, 0.25) is 0 Å². The Hall–Kier alpha value is -5.40. The van der Waals surface area contributed by atoms with Crippen LogP contribution in [0.1, 0.15) is 88.4 Å². The number of carbonyl (C=O) groups is 4. The van der Waals surface area contributed by atoms with E-state index in [2.05, 4.69) is 0 Å². The van der Waals surface area contributed by atoms with Gasteiger partial charge in [-0.15, -0.1) is 0 Å². The van der Waals surface area contributed by atoms with Crippen molar-refractivity contribution in [2.75, 3.05) is 13.2 Å². The lowest BCUT2D eigenvalue weighted by Crippen LogP contribution is -2.21. The summed E-state index contributed by atoms with van der Waals surface area (Å²) in [6.45, 7) is 7.80. The first-order valence-electron chi connectivity index (χ1n) is 16.9. The van der Waals surface area contributed by atoms with E-state index in [4.69, 9.17) is 40.9 Å². The van der Waals surface area contributed by atoms with Gasteiger partial charge in [-0.05, 0) is 67.8 Å². The fourth-order valence-electron chi connectivity index (χ4n) is 3.70. The molecule has 290 valence electrons. The highest BCUT2D eigenvalue weighted by Gasteiger charge is 2.13. The van der Waals surface area contributed by atoms with E-state index >= 15 is 0 Å². The first-order valence-corrected chi connectivity index (χ1v) is 16.9. The Balaban J connectivity index is 0. The Morgan fingerprint density at radius 1 is 0.434 bits per heavy atom. The van der Waals surface area contributed by atoms with Crippen molar-refractivity contribution in [1.82, 2.24) is 0 Å². The Morgan fingerprint density at radius 3 is 0.774 bits per heavy atom. The average Bonchev–Trinajstić information content (AvgIpc) is 3.20. The van der Waals surface area contributed by atoms with E-state index in [0.29, 0.717) is 22.3 Å². The molecule has 0 aliphatic carbocycles. The van der Waals surface area contributed by atoms with Crippen molar-refractivity contribution in [2.45, 2.75) is 59.2 Å². The maximum atomic E-state index is 10.2. The van der Waals surface area contributed by atoms with Gasteiger partial charge in [-0.3, -0.25) is 0 Å². The zero-order valence-corrected chi connectivity index (χ0v) is 30.6. The van der Waals surface area contributed by atoms with Gasteiger partial charge in [0, 0.05) is 25.0 Å². The van der Waals surface area contributed by atoms with Gasteiger partial charge in [0.15, 0.2) is 0 Å². The molecular weight excluding hydrogens is 684 g/mol. The van der Waals surface area contributed by atoms with E-state index in [9.17, 15) is 19.2 Å². The molecule has 0 aliphatic rings. The fourth-order valence-corrected chi connectivity index (χ4v) is 3.70. The second-order valence-corrected chi connectivity index (χ2v) is 11.1. The quantitative estimate of drug-likeness (QED) is 0.0804. The maximum absolute atomic E-state index is 10.2. The lowest BCUT2D eigenvalue weighted by Gasteiger charge is -2.16. The number of benzene rings is 4. The second kappa shape index (κ2) is 31.3. The molecule has 4 rings (SSSR count). The number of carboxylic acids is 4. The van der Waals surface area contributed by atoms with E-state index < -0.39 is 23.9 Å². The van der Waals surface area contributed by atoms with Gasteiger partial charge >= 0.3 is 23.9 Å². The summed E-state index contributed by atoms with van der Waals surface area (Å²) < 4.78 is 0. The van der Waals surface area contributed by atoms with Crippen LogP contribution in [0.25, 0.3) is 0 Å². The van der Waals surface area contributed by atoms with Crippen molar-refractivity contribution in [2.24, 2.45) is 11.8 Å². The minimum atomic E-state index is -0.879. The van der Waals surface area contributed by atoms with Crippen LogP contribution in [0.15, 0.2) is 121 Å². The molecule has 12 heteroatoms. The predicted molar refractivity (Wildman–Crippen MR) is 203 cm³/mol. The zero-order valence-electron chi connectivity index (χ0n) is 30.6. The molecule has 0 bridgehead atoms. The molecule has 0 heterocycles. The number of carboxylic acid groups (broad SMARTS) is 4. The minimum absolute atomic E-state index is 0.0278. The number of aliphatic hydroxyl groups excluding tert-OH is 4. The molecule has 12 nitrogen and oxygen atoms in total. The maximum Gasteiger partial charge on any atom is 0.335 e. The molecule has 0 aliphatic heterocycles. The molecule has 8 N–H and O–H groups in total. The zero-order chi connectivity index (χ0) is 40.6. The van der Waals surface area contributed by atoms with Gasteiger partial charge in [0.2, 0.25) is 0 Å². The van der Waals surface area contributed by atoms with Crippen LogP contribution >= 0.6 is 0 Å². The van der Waals surface area contributed by atoms with E-state index in [1.807, 2.05) is 27.7 Å². The molecule has 4 atom stereocenters. The van der Waals surface area contributed by atoms with E-state index in [1.54, 1.807) is 121 Å². The third kappa shape index (κ3) is 25.2.